The van der Waals surface area contributed by atoms with E-state index in [1.54, 1.807) is 12.1 Å². The van der Waals surface area contributed by atoms with Crippen LogP contribution >= 0.6 is 0 Å². The third kappa shape index (κ3) is 3.21. The van der Waals surface area contributed by atoms with Crippen molar-refractivity contribution in [2.24, 2.45) is 0 Å². The van der Waals surface area contributed by atoms with Gasteiger partial charge in [-0.25, -0.2) is 4.39 Å². The minimum Gasteiger partial charge on any atom is -0.342 e. The van der Waals surface area contributed by atoms with Gasteiger partial charge in [-0.3, -0.25) is 9.89 Å². The Kier molecular flexibility index (Phi) is 4.43. The second-order valence-electron chi connectivity index (χ2n) is 7.05. The average Bonchev–Trinajstić information content (AvgIpc) is 3.10. The number of likely N-dealkylation sites (tertiary alicyclic amines) is 1. The molecule has 2 aromatic rings. The maximum absolute atomic E-state index is 13.5. The SMILES string of the molecule is Cc1n[nH]c(C)c1CCC(=O)N1CC[C@](C)(c2cccc(F)c2)C1. The molecule has 1 fully saturated rings. The average molecular weight is 329 g/mol. The Morgan fingerprint density at radius 3 is 2.88 bits per heavy atom. The second-order valence-corrected chi connectivity index (χ2v) is 7.05. The van der Waals surface area contributed by atoms with E-state index in [0.717, 1.165) is 35.5 Å². The van der Waals surface area contributed by atoms with E-state index >= 15 is 0 Å². The zero-order chi connectivity index (χ0) is 17.3. The fraction of sp³-hybridized carbons (Fsp3) is 0.474. The van der Waals surface area contributed by atoms with Gasteiger partial charge in [-0.1, -0.05) is 19.1 Å². The van der Waals surface area contributed by atoms with Crippen LogP contribution in [-0.2, 0) is 16.6 Å². The molecule has 3 rings (SSSR count). The summed E-state index contributed by atoms with van der Waals surface area (Å²) < 4.78 is 13.5. The minimum absolute atomic E-state index is 0.162. The van der Waals surface area contributed by atoms with Crippen molar-refractivity contribution in [2.75, 3.05) is 13.1 Å². The number of nitrogens with zero attached hydrogens (tertiary/aromatic N) is 2. The lowest BCUT2D eigenvalue weighted by Gasteiger charge is -2.25. The zero-order valence-corrected chi connectivity index (χ0v) is 14.5. The molecule has 128 valence electrons. The number of rotatable bonds is 4. The Morgan fingerprint density at radius 1 is 1.42 bits per heavy atom. The first-order valence-electron chi connectivity index (χ1n) is 8.43. The monoisotopic (exact) mass is 329 g/mol. The van der Waals surface area contributed by atoms with Crippen LogP contribution in [0.25, 0.3) is 0 Å². The van der Waals surface area contributed by atoms with Crippen LogP contribution in [0.1, 0.15) is 42.3 Å². The van der Waals surface area contributed by atoms with Crippen LogP contribution in [0.3, 0.4) is 0 Å². The van der Waals surface area contributed by atoms with Gasteiger partial charge >= 0.3 is 0 Å². The molecule has 0 aliphatic carbocycles. The van der Waals surface area contributed by atoms with E-state index in [1.165, 1.54) is 6.07 Å². The summed E-state index contributed by atoms with van der Waals surface area (Å²) in [5.41, 5.74) is 3.94. The second kappa shape index (κ2) is 6.38. The van der Waals surface area contributed by atoms with Gasteiger partial charge in [0.25, 0.3) is 0 Å². The summed E-state index contributed by atoms with van der Waals surface area (Å²) in [5.74, 6) is -0.0560. The molecule has 0 saturated carbocycles. The lowest BCUT2D eigenvalue weighted by atomic mass is 9.82. The quantitative estimate of drug-likeness (QED) is 0.936. The number of nitrogens with one attached hydrogen (secondary N) is 1. The molecule has 1 aliphatic rings. The number of halogens is 1. The van der Waals surface area contributed by atoms with Gasteiger partial charge in [0.2, 0.25) is 5.91 Å². The molecule has 1 aromatic heterocycles. The highest BCUT2D eigenvalue weighted by Crippen LogP contribution is 2.34. The van der Waals surface area contributed by atoms with Crippen molar-refractivity contribution in [1.82, 2.24) is 15.1 Å². The van der Waals surface area contributed by atoms with Crippen molar-refractivity contribution in [2.45, 2.75) is 45.4 Å². The van der Waals surface area contributed by atoms with E-state index in [0.29, 0.717) is 19.4 Å². The van der Waals surface area contributed by atoms with Crippen LogP contribution in [0.15, 0.2) is 24.3 Å². The molecule has 0 spiro atoms. The summed E-state index contributed by atoms with van der Waals surface area (Å²) in [5, 5.41) is 7.14. The van der Waals surface area contributed by atoms with Gasteiger partial charge in [0.1, 0.15) is 5.82 Å². The van der Waals surface area contributed by atoms with Crippen LogP contribution < -0.4 is 0 Å². The predicted octanol–water partition coefficient (Wildman–Crippen LogP) is 3.29. The van der Waals surface area contributed by atoms with Crippen molar-refractivity contribution in [3.8, 4) is 0 Å². The molecule has 24 heavy (non-hydrogen) atoms. The Hall–Kier alpha value is -2.17. The first-order valence-corrected chi connectivity index (χ1v) is 8.43. The van der Waals surface area contributed by atoms with Crippen LogP contribution in [0.4, 0.5) is 4.39 Å². The first kappa shape index (κ1) is 16.7. The normalized spacial score (nSPS) is 20.6. The van der Waals surface area contributed by atoms with Gasteiger partial charge < -0.3 is 4.90 Å². The van der Waals surface area contributed by atoms with Crippen molar-refractivity contribution in [1.29, 1.82) is 0 Å². The Balaban J connectivity index is 1.64. The van der Waals surface area contributed by atoms with Gasteiger partial charge in [0.15, 0.2) is 0 Å². The molecule has 1 N–H and O–H groups in total. The van der Waals surface area contributed by atoms with Crippen LogP contribution in [0, 0.1) is 19.7 Å². The fourth-order valence-electron chi connectivity index (χ4n) is 3.61. The number of aromatic nitrogens is 2. The van der Waals surface area contributed by atoms with Gasteiger partial charge in [-0.05, 0) is 49.9 Å². The van der Waals surface area contributed by atoms with Crippen molar-refractivity contribution < 1.29 is 9.18 Å². The molecule has 0 bridgehead atoms. The number of aromatic amines is 1. The number of hydrogen-bond donors (Lipinski definition) is 1. The summed E-state index contributed by atoms with van der Waals surface area (Å²) >= 11 is 0. The van der Waals surface area contributed by atoms with Crippen molar-refractivity contribution in [3.05, 3.63) is 52.6 Å². The standard InChI is InChI=1S/C19H24FN3O/c1-13-17(14(2)22-21-13)7-8-18(24)23-10-9-19(3,12-23)15-5-4-6-16(20)11-15/h4-6,11H,7-10,12H2,1-3H3,(H,21,22)/t19-/m0/s1. The van der Waals surface area contributed by atoms with Crippen LogP contribution in [0.2, 0.25) is 0 Å². The Morgan fingerprint density at radius 2 is 2.21 bits per heavy atom. The molecule has 1 aromatic carbocycles. The Labute approximate surface area is 142 Å². The zero-order valence-electron chi connectivity index (χ0n) is 14.5. The summed E-state index contributed by atoms with van der Waals surface area (Å²) in [6, 6.07) is 6.74. The molecule has 5 heteroatoms. The van der Waals surface area contributed by atoms with E-state index in [1.807, 2.05) is 24.8 Å². The summed E-state index contributed by atoms with van der Waals surface area (Å²) in [6.45, 7) is 7.43. The molecule has 1 atom stereocenters. The molecule has 2 heterocycles. The Bertz CT molecular complexity index is 735. The lowest BCUT2D eigenvalue weighted by molar-refractivity contribution is -0.130. The number of carbonyl (C=O) groups excluding carboxylic acids is 1. The molecule has 1 amide bonds. The van der Waals surface area contributed by atoms with Crippen molar-refractivity contribution in [3.63, 3.8) is 0 Å². The third-order valence-corrected chi connectivity index (χ3v) is 5.22. The third-order valence-electron chi connectivity index (χ3n) is 5.22. The first-order chi connectivity index (χ1) is 11.4. The molecular formula is C19H24FN3O. The molecule has 1 saturated heterocycles. The molecule has 0 radical (unpaired) electrons. The lowest BCUT2D eigenvalue weighted by Crippen LogP contribution is -2.33. The van der Waals surface area contributed by atoms with Crippen molar-refractivity contribution >= 4 is 5.91 Å². The van der Waals surface area contributed by atoms with Crippen LogP contribution in [0.5, 0.6) is 0 Å². The van der Waals surface area contributed by atoms with E-state index < -0.39 is 0 Å². The number of benzene rings is 1. The van der Waals surface area contributed by atoms with Gasteiger partial charge in [-0.15, -0.1) is 0 Å². The van der Waals surface area contributed by atoms with Crippen LogP contribution in [-0.4, -0.2) is 34.1 Å². The number of amides is 1. The summed E-state index contributed by atoms with van der Waals surface area (Å²) in [6.07, 6.45) is 2.06. The number of aryl methyl sites for hydroxylation is 2. The number of carbonyl (C=O) groups is 1. The molecular weight excluding hydrogens is 305 g/mol. The van der Waals surface area contributed by atoms with E-state index in [2.05, 4.69) is 17.1 Å². The topological polar surface area (TPSA) is 49.0 Å². The highest BCUT2D eigenvalue weighted by Gasteiger charge is 2.37. The van der Waals surface area contributed by atoms with Gasteiger partial charge in [-0.2, -0.15) is 5.10 Å². The minimum atomic E-state index is -0.218. The maximum atomic E-state index is 13.5. The highest BCUT2D eigenvalue weighted by atomic mass is 19.1. The predicted molar refractivity (Wildman–Crippen MR) is 91.3 cm³/mol. The maximum Gasteiger partial charge on any atom is 0.222 e. The largest absolute Gasteiger partial charge is 0.342 e. The molecule has 4 nitrogen and oxygen atoms in total. The summed E-state index contributed by atoms with van der Waals surface area (Å²) in [7, 11) is 0. The fourth-order valence-corrected chi connectivity index (χ4v) is 3.61. The van der Waals surface area contributed by atoms with E-state index in [4.69, 9.17) is 0 Å². The highest BCUT2D eigenvalue weighted by molar-refractivity contribution is 5.77. The number of hydrogen-bond acceptors (Lipinski definition) is 2. The molecule has 0 unspecified atom stereocenters. The summed E-state index contributed by atoms with van der Waals surface area (Å²) in [4.78, 5) is 14.5. The van der Waals surface area contributed by atoms with Gasteiger partial charge in [0.05, 0.1) is 5.69 Å². The number of H-pyrrole nitrogens is 1. The van der Waals surface area contributed by atoms with E-state index in [9.17, 15) is 9.18 Å². The smallest absolute Gasteiger partial charge is 0.222 e. The van der Waals surface area contributed by atoms with E-state index in [-0.39, 0.29) is 17.1 Å². The molecule has 1 aliphatic heterocycles. The van der Waals surface area contributed by atoms with Gasteiger partial charge in [0, 0.05) is 30.6 Å².